The standard InChI is InChI=1S/C12H24O3/c1-4-6-7-8-9-10-14-12(13)15-11(3)5-2/h11H,4-10H2,1-3H3. The Morgan fingerprint density at radius 2 is 1.80 bits per heavy atom. The van der Waals surface area contributed by atoms with Crippen LogP contribution in [0.2, 0.25) is 0 Å². The zero-order valence-electron chi connectivity index (χ0n) is 10.3. The Hall–Kier alpha value is -0.730. The summed E-state index contributed by atoms with van der Waals surface area (Å²) in [7, 11) is 0. The molecule has 0 aliphatic carbocycles. The highest BCUT2D eigenvalue weighted by Gasteiger charge is 2.07. The predicted molar refractivity (Wildman–Crippen MR) is 60.9 cm³/mol. The zero-order valence-corrected chi connectivity index (χ0v) is 10.3. The number of carbonyl (C=O) groups is 1. The average molecular weight is 216 g/mol. The lowest BCUT2D eigenvalue weighted by Crippen LogP contribution is -2.15. The molecular formula is C12H24O3. The van der Waals surface area contributed by atoms with E-state index in [0.29, 0.717) is 6.61 Å². The van der Waals surface area contributed by atoms with Crippen molar-refractivity contribution >= 4 is 6.16 Å². The van der Waals surface area contributed by atoms with Gasteiger partial charge >= 0.3 is 6.16 Å². The maximum Gasteiger partial charge on any atom is 0.508 e. The van der Waals surface area contributed by atoms with Crippen LogP contribution >= 0.6 is 0 Å². The van der Waals surface area contributed by atoms with E-state index in [-0.39, 0.29) is 6.10 Å². The van der Waals surface area contributed by atoms with Crippen LogP contribution in [-0.4, -0.2) is 18.9 Å². The molecule has 0 saturated heterocycles. The normalized spacial score (nSPS) is 12.2. The summed E-state index contributed by atoms with van der Waals surface area (Å²) in [5.41, 5.74) is 0. The van der Waals surface area contributed by atoms with E-state index in [1.54, 1.807) is 0 Å². The highest BCUT2D eigenvalue weighted by atomic mass is 16.7. The maximum absolute atomic E-state index is 11.1. The van der Waals surface area contributed by atoms with Crippen LogP contribution in [0.25, 0.3) is 0 Å². The Balaban J connectivity index is 3.24. The third-order valence-electron chi connectivity index (χ3n) is 2.34. The fraction of sp³-hybridized carbons (Fsp3) is 0.917. The van der Waals surface area contributed by atoms with Gasteiger partial charge in [-0.3, -0.25) is 0 Å². The molecule has 15 heavy (non-hydrogen) atoms. The molecule has 0 aliphatic rings. The van der Waals surface area contributed by atoms with E-state index in [4.69, 9.17) is 9.47 Å². The quantitative estimate of drug-likeness (QED) is 0.456. The average Bonchev–Trinajstić information content (AvgIpc) is 2.23. The fourth-order valence-corrected chi connectivity index (χ4v) is 1.14. The largest absolute Gasteiger partial charge is 0.508 e. The molecule has 3 heteroatoms. The molecule has 0 spiro atoms. The summed E-state index contributed by atoms with van der Waals surface area (Å²) in [6, 6.07) is 0. The first-order valence-corrected chi connectivity index (χ1v) is 6.04. The highest BCUT2D eigenvalue weighted by molar-refractivity contribution is 5.59. The second kappa shape index (κ2) is 9.81. The van der Waals surface area contributed by atoms with Gasteiger partial charge in [0.15, 0.2) is 0 Å². The molecule has 0 bridgehead atoms. The lowest BCUT2D eigenvalue weighted by molar-refractivity contribution is 0.0272. The summed E-state index contributed by atoms with van der Waals surface area (Å²) in [6.07, 6.45) is 6.04. The van der Waals surface area contributed by atoms with E-state index in [9.17, 15) is 4.79 Å². The summed E-state index contributed by atoms with van der Waals surface area (Å²) in [4.78, 5) is 11.1. The lowest BCUT2D eigenvalue weighted by atomic mass is 10.2. The van der Waals surface area contributed by atoms with Crippen molar-refractivity contribution in [2.75, 3.05) is 6.61 Å². The molecular weight excluding hydrogens is 192 g/mol. The second-order valence-electron chi connectivity index (χ2n) is 3.85. The van der Waals surface area contributed by atoms with E-state index in [2.05, 4.69) is 6.92 Å². The van der Waals surface area contributed by atoms with Gasteiger partial charge in [0.2, 0.25) is 0 Å². The lowest BCUT2D eigenvalue weighted by Gasteiger charge is -2.10. The molecule has 0 rings (SSSR count). The molecule has 0 fully saturated rings. The Bertz CT molecular complexity index is 157. The number of ether oxygens (including phenoxy) is 2. The monoisotopic (exact) mass is 216 g/mol. The minimum atomic E-state index is -0.528. The minimum Gasteiger partial charge on any atom is -0.434 e. The van der Waals surface area contributed by atoms with Crippen molar-refractivity contribution in [3.05, 3.63) is 0 Å². The number of rotatable bonds is 8. The molecule has 0 N–H and O–H groups in total. The predicted octanol–water partition coefficient (Wildman–Crippen LogP) is 3.91. The van der Waals surface area contributed by atoms with Crippen LogP contribution in [0.4, 0.5) is 4.79 Å². The molecule has 0 aromatic rings. The van der Waals surface area contributed by atoms with Gasteiger partial charge in [0, 0.05) is 0 Å². The Labute approximate surface area is 93.1 Å². The van der Waals surface area contributed by atoms with Crippen LogP contribution < -0.4 is 0 Å². The third kappa shape index (κ3) is 9.57. The number of unbranched alkanes of at least 4 members (excludes halogenated alkanes) is 4. The summed E-state index contributed by atoms with van der Waals surface area (Å²) in [5, 5.41) is 0. The van der Waals surface area contributed by atoms with E-state index < -0.39 is 6.16 Å². The van der Waals surface area contributed by atoms with Crippen molar-refractivity contribution in [3.63, 3.8) is 0 Å². The van der Waals surface area contributed by atoms with Crippen LogP contribution in [0.15, 0.2) is 0 Å². The molecule has 90 valence electrons. The molecule has 0 heterocycles. The van der Waals surface area contributed by atoms with Crippen LogP contribution in [-0.2, 0) is 9.47 Å². The Kier molecular flexibility index (Phi) is 9.33. The molecule has 0 amide bonds. The molecule has 0 aliphatic heterocycles. The zero-order chi connectivity index (χ0) is 11.5. The SMILES string of the molecule is CCCCCCCOC(=O)OC(C)CC. The Morgan fingerprint density at radius 1 is 1.13 bits per heavy atom. The first kappa shape index (κ1) is 14.3. The van der Waals surface area contributed by atoms with Crippen molar-refractivity contribution in [2.24, 2.45) is 0 Å². The van der Waals surface area contributed by atoms with Crippen LogP contribution in [0.5, 0.6) is 0 Å². The van der Waals surface area contributed by atoms with Gasteiger partial charge in [0.1, 0.15) is 6.10 Å². The third-order valence-corrected chi connectivity index (χ3v) is 2.34. The van der Waals surface area contributed by atoms with Crippen molar-refractivity contribution in [3.8, 4) is 0 Å². The number of carbonyl (C=O) groups excluding carboxylic acids is 1. The smallest absolute Gasteiger partial charge is 0.434 e. The van der Waals surface area contributed by atoms with Gasteiger partial charge in [0.05, 0.1) is 6.61 Å². The number of hydrogen-bond donors (Lipinski definition) is 0. The first-order chi connectivity index (χ1) is 7.20. The summed E-state index contributed by atoms with van der Waals surface area (Å²) in [5.74, 6) is 0. The van der Waals surface area contributed by atoms with Gasteiger partial charge in [-0.05, 0) is 19.8 Å². The fourth-order valence-electron chi connectivity index (χ4n) is 1.14. The van der Waals surface area contributed by atoms with Gasteiger partial charge in [-0.1, -0.05) is 39.5 Å². The first-order valence-electron chi connectivity index (χ1n) is 6.04. The molecule has 0 aromatic heterocycles. The van der Waals surface area contributed by atoms with E-state index in [1.807, 2.05) is 13.8 Å². The topological polar surface area (TPSA) is 35.5 Å². The minimum absolute atomic E-state index is 0.0439. The van der Waals surface area contributed by atoms with Crippen LogP contribution in [0.3, 0.4) is 0 Å². The molecule has 0 aromatic carbocycles. The summed E-state index contributed by atoms with van der Waals surface area (Å²) >= 11 is 0. The molecule has 0 radical (unpaired) electrons. The molecule has 0 saturated carbocycles. The molecule has 1 unspecified atom stereocenters. The number of hydrogen-bond acceptors (Lipinski definition) is 3. The summed E-state index contributed by atoms with van der Waals surface area (Å²) < 4.78 is 9.90. The van der Waals surface area contributed by atoms with Gasteiger partial charge in [-0.15, -0.1) is 0 Å². The highest BCUT2D eigenvalue weighted by Crippen LogP contribution is 2.03. The van der Waals surface area contributed by atoms with Gasteiger partial charge in [-0.25, -0.2) is 4.79 Å². The van der Waals surface area contributed by atoms with E-state index in [0.717, 1.165) is 19.3 Å². The van der Waals surface area contributed by atoms with Crippen LogP contribution in [0.1, 0.15) is 59.3 Å². The van der Waals surface area contributed by atoms with E-state index in [1.165, 1.54) is 19.3 Å². The molecule has 1 atom stereocenters. The van der Waals surface area contributed by atoms with E-state index >= 15 is 0 Å². The van der Waals surface area contributed by atoms with Crippen molar-refractivity contribution < 1.29 is 14.3 Å². The van der Waals surface area contributed by atoms with Crippen molar-refractivity contribution in [2.45, 2.75) is 65.4 Å². The molecule has 3 nitrogen and oxygen atoms in total. The Morgan fingerprint density at radius 3 is 2.40 bits per heavy atom. The van der Waals surface area contributed by atoms with Gasteiger partial charge in [-0.2, -0.15) is 0 Å². The van der Waals surface area contributed by atoms with Gasteiger partial charge in [0.25, 0.3) is 0 Å². The van der Waals surface area contributed by atoms with Gasteiger partial charge < -0.3 is 9.47 Å². The van der Waals surface area contributed by atoms with Crippen LogP contribution in [0, 0.1) is 0 Å². The second-order valence-corrected chi connectivity index (χ2v) is 3.85. The van der Waals surface area contributed by atoms with Crippen molar-refractivity contribution in [1.29, 1.82) is 0 Å². The van der Waals surface area contributed by atoms with Crippen molar-refractivity contribution in [1.82, 2.24) is 0 Å². The summed E-state index contributed by atoms with van der Waals surface area (Å²) in [6.45, 7) is 6.50. The maximum atomic E-state index is 11.1.